The highest BCUT2D eigenvalue weighted by Gasteiger charge is 2.17. The number of nitrogens with zero attached hydrogens (tertiary/aromatic N) is 1. The topological polar surface area (TPSA) is 32.7 Å². The van der Waals surface area contributed by atoms with Gasteiger partial charge in [0.1, 0.15) is 0 Å². The van der Waals surface area contributed by atoms with Crippen molar-refractivity contribution < 1.29 is 9.84 Å². The van der Waals surface area contributed by atoms with E-state index in [1.807, 2.05) is 6.07 Å². The molecular weight excluding hydrogens is 274 g/mol. The Labute approximate surface area is 127 Å². The smallest absolute Gasteiger partial charge is 0.162 e. The molecule has 0 saturated heterocycles. The molecule has 114 valence electrons. The number of halogens is 1. The van der Waals surface area contributed by atoms with E-state index in [-0.39, 0.29) is 5.75 Å². The molecule has 1 atom stereocenters. The van der Waals surface area contributed by atoms with Crippen molar-refractivity contribution in [3.8, 4) is 11.5 Å². The number of ether oxygens (including phenoxy) is 1. The molecule has 0 heterocycles. The van der Waals surface area contributed by atoms with Gasteiger partial charge in [-0.3, -0.25) is 4.90 Å². The Kier molecular flexibility index (Phi) is 7.17. The molecule has 20 heavy (non-hydrogen) atoms. The summed E-state index contributed by atoms with van der Waals surface area (Å²) in [6.45, 7) is 8.31. The molecule has 1 unspecified atom stereocenters. The van der Waals surface area contributed by atoms with Crippen molar-refractivity contribution in [2.24, 2.45) is 0 Å². The lowest BCUT2D eigenvalue weighted by Crippen LogP contribution is -2.33. The number of hydrogen-bond donors (Lipinski definition) is 1. The van der Waals surface area contributed by atoms with Gasteiger partial charge in [-0.25, -0.2) is 0 Å². The molecule has 0 amide bonds. The van der Waals surface area contributed by atoms with Gasteiger partial charge >= 0.3 is 0 Å². The lowest BCUT2D eigenvalue weighted by molar-refractivity contribution is 0.190. The number of unbranched alkanes of at least 4 members (excludes halogenated alkanes) is 1. The van der Waals surface area contributed by atoms with E-state index < -0.39 is 0 Å². The maximum absolute atomic E-state index is 10.2. The van der Waals surface area contributed by atoms with Crippen LogP contribution in [0.25, 0.3) is 0 Å². The van der Waals surface area contributed by atoms with Crippen LogP contribution in [0.5, 0.6) is 11.5 Å². The summed E-state index contributed by atoms with van der Waals surface area (Å²) in [5.41, 5.74) is 0.825. The first-order chi connectivity index (χ1) is 9.53. The van der Waals surface area contributed by atoms with Gasteiger partial charge in [0, 0.05) is 29.2 Å². The number of methoxy groups -OCH3 is 1. The largest absolute Gasteiger partial charge is 0.504 e. The summed E-state index contributed by atoms with van der Waals surface area (Å²) in [5, 5.41) is 10.8. The van der Waals surface area contributed by atoms with Crippen LogP contribution in [0.2, 0.25) is 5.02 Å². The predicted molar refractivity (Wildman–Crippen MR) is 84.7 cm³/mol. The second kappa shape index (κ2) is 8.38. The molecule has 3 nitrogen and oxygen atoms in total. The minimum absolute atomic E-state index is 0.196. The zero-order chi connectivity index (χ0) is 15.1. The Hall–Kier alpha value is -0.930. The van der Waals surface area contributed by atoms with Gasteiger partial charge in [-0.15, -0.1) is 0 Å². The lowest BCUT2D eigenvalue weighted by Gasteiger charge is -2.29. The van der Waals surface area contributed by atoms with E-state index in [2.05, 4.69) is 25.7 Å². The minimum atomic E-state index is 0.196. The summed E-state index contributed by atoms with van der Waals surface area (Å²) in [6, 6.07) is 3.94. The fourth-order valence-corrected chi connectivity index (χ4v) is 2.43. The number of benzene rings is 1. The summed E-state index contributed by atoms with van der Waals surface area (Å²) in [4.78, 5) is 2.38. The summed E-state index contributed by atoms with van der Waals surface area (Å²) in [5.74, 6) is 0.633. The van der Waals surface area contributed by atoms with Gasteiger partial charge in [0.2, 0.25) is 0 Å². The maximum Gasteiger partial charge on any atom is 0.162 e. The average molecular weight is 300 g/mol. The highest BCUT2D eigenvalue weighted by Crippen LogP contribution is 2.34. The standard InChI is InChI=1S/C16H26ClNO2/c1-5-7-8-18(12(3)6-2)11-13-9-14(17)10-15(20-4)16(13)19/h9-10,12,19H,5-8,11H2,1-4H3. The lowest BCUT2D eigenvalue weighted by atomic mass is 10.1. The molecule has 1 rings (SSSR count). The zero-order valence-electron chi connectivity index (χ0n) is 12.9. The highest BCUT2D eigenvalue weighted by molar-refractivity contribution is 6.30. The van der Waals surface area contributed by atoms with Gasteiger partial charge in [0.25, 0.3) is 0 Å². The predicted octanol–water partition coefficient (Wildman–Crippen LogP) is 4.45. The molecule has 0 fully saturated rings. The Morgan fingerprint density at radius 2 is 2.05 bits per heavy atom. The van der Waals surface area contributed by atoms with Crippen molar-refractivity contribution in [3.05, 3.63) is 22.7 Å². The first kappa shape index (κ1) is 17.1. The molecule has 0 aromatic heterocycles. The van der Waals surface area contributed by atoms with Crippen LogP contribution in [0.1, 0.15) is 45.6 Å². The van der Waals surface area contributed by atoms with Gasteiger partial charge in [-0.2, -0.15) is 0 Å². The molecule has 0 aliphatic rings. The third-order valence-corrected chi connectivity index (χ3v) is 3.94. The van der Waals surface area contributed by atoms with Crippen LogP contribution in [0.15, 0.2) is 12.1 Å². The first-order valence-corrected chi connectivity index (χ1v) is 7.70. The normalized spacial score (nSPS) is 12.7. The Bertz CT molecular complexity index is 423. The number of hydrogen-bond acceptors (Lipinski definition) is 3. The van der Waals surface area contributed by atoms with E-state index in [1.54, 1.807) is 13.2 Å². The van der Waals surface area contributed by atoms with Crippen LogP contribution in [-0.2, 0) is 6.54 Å². The summed E-state index contributed by atoms with van der Waals surface area (Å²) >= 11 is 6.09. The van der Waals surface area contributed by atoms with Gasteiger partial charge in [0.15, 0.2) is 11.5 Å². The van der Waals surface area contributed by atoms with E-state index in [1.165, 1.54) is 0 Å². The van der Waals surface area contributed by atoms with Crippen molar-refractivity contribution in [1.82, 2.24) is 4.90 Å². The van der Waals surface area contributed by atoms with Gasteiger partial charge in [-0.1, -0.05) is 31.9 Å². The van der Waals surface area contributed by atoms with E-state index >= 15 is 0 Å². The van der Waals surface area contributed by atoms with E-state index in [4.69, 9.17) is 16.3 Å². The van der Waals surface area contributed by atoms with Gasteiger partial charge in [-0.05, 0) is 32.4 Å². The number of aromatic hydroxyl groups is 1. The average Bonchev–Trinajstić information content (AvgIpc) is 2.45. The number of rotatable bonds is 8. The third-order valence-electron chi connectivity index (χ3n) is 3.73. The summed E-state index contributed by atoms with van der Waals surface area (Å²) < 4.78 is 5.16. The van der Waals surface area contributed by atoms with Crippen molar-refractivity contribution in [2.75, 3.05) is 13.7 Å². The van der Waals surface area contributed by atoms with E-state index in [0.717, 1.165) is 31.4 Å². The SMILES string of the molecule is CCCCN(Cc1cc(Cl)cc(OC)c1O)C(C)CC. The molecule has 1 N–H and O–H groups in total. The van der Waals surface area contributed by atoms with Gasteiger partial charge in [0.05, 0.1) is 7.11 Å². The zero-order valence-corrected chi connectivity index (χ0v) is 13.7. The van der Waals surface area contributed by atoms with Crippen molar-refractivity contribution in [2.45, 2.75) is 52.6 Å². The quantitative estimate of drug-likeness (QED) is 0.769. The second-order valence-electron chi connectivity index (χ2n) is 5.20. The molecule has 0 spiro atoms. The molecule has 0 aliphatic carbocycles. The Morgan fingerprint density at radius 1 is 1.35 bits per heavy atom. The van der Waals surface area contributed by atoms with Crippen LogP contribution >= 0.6 is 11.6 Å². The molecule has 4 heteroatoms. The molecule has 1 aromatic carbocycles. The van der Waals surface area contributed by atoms with E-state index in [0.29, 0.717) is 23.4 Å². The molecule has 0 saturated carbocycles. The monoisotopic (exact) mass is 299 g/mol. The van der Waals surface area contributed by atoms with Crippen LogP contribution in [0.4, 0.5) is 0 Å². The minimum Gasteiger partial charge on any atom is -0.504 e. The van der Waals surface area contributed by atoms with Crippen LogP contribution < -0.4 is 4.74 Å². The Morgan fingerprint density at radius 3 is 2.60 bits per heavy atom. The first-order valence-electron chi connectivity index (χ1n) is 7.32. The Balaban J connectivity index is 2.94. The maximum atomic E-state index is 10.2. The van der Waals surface area contributed by atoms with Crippen molar-refractivity contribution >= 4 is 11.6 Å². The number of phenols is 1. The van der Waals surface area contributed by atoms with Crippen molar-refractivity contribution in [1.29, 1.82) is 0 Å². The van der Waals surface area contributed by atoms with Crippen molar-refractivity contribution in [3.63, 3.8) is 0 Å². The number of phenolic OH excluding ortho intramolecular Hbond substituents is 1. The van der Waals surface area contributed by atoms with Gasteiger partial charge < -0.3 is 9.84 Å². The third kappa shape index (κ3) is 4.57. The summed E-state index contributed by atoms with van der Waals surface area (Å²) in [6.07, 6.45) is 3.41. The molecular formula is C16H26ClNO2. The molecule has 0 bridgehead atoms. The van der Waals surface area contributed by atoms with Crippen LogP contribution in [0, 0.1) is 0 Å². The van der Waals surface area contributed by atoms with Crippen LogP contribution in [0.3, 0.4) is 0 Å². The highest BCUT2D eigenvalue weighted by atomic mass is 35.5. The van der Waals surface area contributed by atoms with Crippen LogP contribution in [-0.4, -0.2) is 29.7 Å². The molecule has 1 aromatic rings. The molecule has 0 radical (unpaired) electrons. The second-order valence-corrected chi connectivity index (χ2v) is 5.63. The fourth-order valence-electron chi connectivity index (χ4n) is 2.20. The van der Waals surface area contributed by atoms with E-state index in [9.17, 15) is 5.11 Å². The summed E-state index contributed by atoms with van der Waals surface area (Å²) in [7, 11) is 1.54. The fraction of sp³-hybridized carbons (Fsp3) is 0.625. The molecule has 0 aliphatic heterocycles.